The van der Waals surface area contributed by atoms with Gasteiger partial charge in [0, 0.05) is 24.1 Å². The first-order valence-electron chi connectivity index (χ1n) is 5.11. The molecule has 0 spiro atoms. The van der Waals surface area contributed by atoms with Crippen molar-refractivity contribution < 1.29 is 13.5 Å². The van der Waals surface area contributed by atoms with Gasteiger partial charge >= 0.3 is 0 Å². The Bertz CT molecular complexity index is 595. The molecule has 1 aliphatic rings. The molecule has 0 unspecified atom stereocenters. The van der Waals surface area contributed by atoms with Crippen LogP contribution in [-0.2, 0) is 6.42 Å². The SMILES string of the molecule is Nc1cc(-c2c(F)cc3c(c2F)CCO3)[nH]n1. The number of rotatable bonds is 1. The predicted molar refractivity (Wildman–Crippen MR) is 57.6 cm³/mol. The molecule has 88 valence electrons. The molecule has 0 bridgehead atoms. The summed E-state index contributed by atoms with van der Waals surface area (Å²) < 4.78 is 33.0. The van der Waals surface area contributed by atoms with Crippen molar-refractivity contribution in [1.29, 1.82) is 0 Å². The first kappa shape index (κ1) is 10.1. The van der Waals surface area contributed by atoms with Crippen molar-refractivity contribution in [3.8, 4) is 17.0 Å². The molecule has 3 rings (SSSR count). The molecule has 0 atom stereocenters. The van der Waals surface area contributed by atoms with Crippen molar-refractivity contribution in [1.82, 2.24) is 10.2 Å². The molecule has 3 N–H and O–H groups in total. The van der Waals surface area contributed by atoms with Crippen LogP contribution in [0.5, 0.6) is 5.75 Å². The van der Waals surface area contributed by atoms with Crippen molar-refractivity contribution >= 4 is 5.82 Å². The van der Waals surface area contributed by atoms with Crippen LogP contribution >= 0.6 is 0 Å². The molecule has 0 fully saturated rings. The maximum absolute atomic E-state index is 14.1. The summed E-state index contributed by atoms with van der Waals surface area (Å²) in [6.45, 7) is 0.375. The molecule has 6 heteroatoms. The van der Waals surface area contributed by atoms with Crippen LogP contribution in [0.2, 0.25) is 0 Å². The van der Waals surface area contributed by atoms with E-state index in [-0.39, 0.29) is 22.8 Å². The van der Waals surface area contributed by atoms with E-state index in [0.29, 0.717) is 18.6 Å². The van der Waals surface area contributed by atoms with Gasteiger partial charge in [-0.15, -0.1) is 0 Å². The number of aromatic amines is 1. The smallest absolute Gasteiger partial charge is 0.145 e. The normalized spacial score (nSPS) is 13.5. The molecule has 0 saturated heterocycles. The third kappa shape index (κ3) is 1.44. The number of benzene rings is 1. The molecule has 2 heterocycles. The Kier molecular flexibility index (Phi) is 2.04. The first-order chi connectivity index (χ1) is 8.16. The first-order valence-corrected chi connectivity index (χ1v) is 5.11. The van der Waals surface area contributed by atoms with Gasteiger partial charge in [-0.2, -0.15) is 5.10 Å². The fourth-order valence-corrected chi connectivity index (χ4v) is 1.98. The standard InChI is InChI=1S/C11H9F2N3O/c12-6-3-8-5(1-2-17-8)11(13)10(6)7-4-9(14)16-15-7/h3-4H,1-2H2,(H3,14,15,16). The lowest BCUT2D eigenvalue weighted by molar-refractivity contribution is 0.355. The molecule has 1 aliphatic heterocycles. The molecule has 1 aromatic heterocycles. The van der Waals surface area contributed by atoms with E-state index in [1.807, 2.05) is 0 Å². The average molecular weight is 237 g/mol. The second-order valence-corrected chi connectivity index (χ2v) is 3.83. The van der Waals surface area contributed by atoms with E-state index in [0.717, 1.165) is 0 Å². The number of nitrogens with one attached hydrogen (secondary N) is 1. The number of nitrogen functional groups attached to an aromatic ring is 1. The number of nitrogens with two attached hydrogens (primary N) is 1. The molecular weight excluding hydrogens is 228 g/mol. The molecule has 1 aromatic carbocycles. The fourth-order valence-electron chi connectivity index (χ4n) is 1.98. The topological polar surface area (TPSA) is 63.9 Å². The minimum absolute atomic E-state index is 0.140. The van der Waals surface area contributed by atoms with Crippen LogP contribution in [0.15, 0.2) is 12.1 Å². The maximum Gasteiger partial charge on any atom is 0.145 e. The van der Waals surface area contributed by atoms with Crippen LogP contribution in [0.1, 0.15) is 5.56 Å². The zero-order valence-corrected chi connectivity index (χ0v) is 8.76. The Morgan fingerprint density at radius 2 is 2.18 bits per heavy atom. The number of halogens is 2. The molecule has 2 aromatic rings. The second-order valence-electron chi connectivity index (χ2n) is 3.83. The van der Waals surface area contributed by atoms with Crippen molar-refractivity contribution in [3.05, 3.63) is 29.3 Å². The number of anilines is 1. The summed E-state index contributed by atoms with van der Waals surface area (Å²) >= 11 is 0. The summed E-state index contributed by atoms with van der Waals surface area (Å²) in [4.78, 5) is 0. The van der Waals surface area contributed by atoms with Crippen molar-refractivity contribution in [2.75, 3.05) is 12.3 Å². The highest BCUT2D eigenvalue weighted by Gasteiger charge is 2.24. The quantitative estimate of drug-likeness (QED) is 0.795. The van der Waals surface area contributed by atoms with Crippen molar-refractivity contribution in [2.24, 2.45) is 0 Å². The Labute approximate surface area is 95.4 Å². The highest BCUT2D eigenvalue weighted by molar-refractivity contribution is 5.66. The summed E-state index contributed by atoms with van der Waals surface area (Å²) in [6.07, 6.45) is 0.443. The maximum atomic E-state index is 14.1. The molecule has 0 saturated carbocycles. The summed E-state index contributed by atoms with van der Waals surface area (Å²) in [5.41, 5.74) is 5.90. The van der Waals surface area contributed by atoms with E-state index in [1.54, 1.807) is 0 Å². The molecule has 0 aliphatic carbocycles. The van der Waals surface area contributed by atoms with Gasteiger partial charge in [0.25, 0.3) is 0 Å². The zero-order valence-electron chi connectivity index (χ0n) is 8.76. The summed E-state index contributed by atoms with van der Waals surface area (Å²) in [5, 5.41) is 6.16. The van der Waals surface area contributed by atoms with Gasteiger partial charge in [-0.1, -0.05) is 0 Å². The number of fused-ring (bicyclic) bond motifs is 1. The Hall–Kier alpha value is -2.11. The van der Waals surface area contributed by atoms with Gasteiger partial charge in [0.05, 0.1) is 17.9 Å². The van der Waals surface area contributed by atoms with Crippen LogP contribution in [0.25, 0.3) is 11.3 Å². The third-order valence-electron chi connectivity index (χ3n) is 2.76. The Balaban J connectivity index is 2.23. The van der Waals surface area contributed by atoms with E-state index in [9.17, 15) is 8.78 Å². The fraction of sp³-hybridized carbons (Fsp3) is 0.182. The van der Waals surface area contributed by atoms with Crippen LogP contribution in [-0.4, -0.2) is 16.8 Å². The minimum Gasteiger partial charge on any atom is -0.493 e. The summed E-state index contributed by atoms with van der Waals surface area (Å²) in [6, 6.07) is 2.58. The number of H-pyrrole nitrogens is 1. The van der Waals surface area contributed by atoms with Gasteiger partial charge in [0.1, 0.15) is 23.2 Å². The largest absolute Gasteiger partial charge is 0.493 e. The molecule has 17 heavy (non-hydrogen) atoms. The van der Waals surface area contributed by atoms with Crippen molar-refractivity contribution in [2.45, 2.75) is 6.42 Å². The van der Waals surface area contributed by atoms with E-state index in [1.165, 1.54) is 12.1 Å². The summed E-state index contributed by atoms with van der Waals surface area (Å²) in [7, 11) is 0. The number of nitrogens with zero attached hydrogens (tertiary/aromatic N) is 1. The molecule has 0 amide bonds. The molecule has 0 radical (unpaired) electrons. The highest BCUT2D eigenvalue weighted by atomic mass is 19.1. The van der Waals surface area contributed by atoms with Gasteiger partial charge in [0.15, 0.2) is 0 Å². The highest BCUT2D eigenvalue weighted by Crippen LogP contribution is 2.36. The van der Waals surface area contributed by atoms with Gasteiger partial charge in [-0.25, -0.2) is 8.78 Å². The van der Waals surface area contributed by atoms with Crippen LogP contribution in [0.3, 0.4) is 0 Å². The van der Waals surface area contributed by atoms with Crippen LogP contribution < -0.4 is 10.5 Å². The van der Waals surface area contributed by atoms with Gasteiger partial charge < -0.3 is 10.5 Å². The van der Waals surface area contributed by atoms with Gasteiger partial charge in [0.2, 0.25) is 0 Å². The molecule has 4 nitrogen and oxygen atoms in total. The predicted octanol–water partition coefficient (Wildman–Crippen LogP) is 1.87. The van der Waals surface area contributed by atoms with E-state index in [2.05, 4.69) is 10.2 Å². The number of aromatic nitrogens is 2. The van der Waals surface area contributed by atoms with Crippen LogP contribution in [0.4, 0.5) is 14.6 Å². The van der Waals surface area contributed by atoms with Gasteiger partial charge in [-0.3, -0.25) is 5.10 Å². The zero-order chi connectivity index (χ0) is 12.0. The monoisotopic (exact) mass is 237 g/mol. The van der Waals surface area contributed by atoms with Crippen LogP contribution in [0, 0.1) is 11.6 Å². The number of hydrogen-bond donors (Lipinski definition) is 2. The van der Waals surface area contributed by atoms with E-state index >= 15 is 0 Å². The summed E-state index contributed by atoms with van der Waals surface area (Å²) in [5.74, 6) is -0.834. The lowest BCUT2D eigenvalue weighted by atomic mass is 10.0. The van der Waals surface area contributed by atoms with Gasteiger partial charge in [-0.05, 0) is 0 Å². The van der Waals surface area contributed by atoms with Crippen molar-refractivity contribution in [3.63, 3.8) is 0 Å². The van der Waals surface area contributed by atoms with E-state index in [4.69, 9.17) is 10.5 Å². The van der Waals surface area contributed by atoms with E-state index < -0.39 is 11.6 Å². The number of hydrogen-bond acceptors (Lipinski definition) is 3. The lowest BCUT2D eigenvalue weighted by Crippen LogP contribution is -1.95. The Morgan fingerprint density at radius 1 is 1.35 bits per heavy atom. The molecular formula is C11H9F2N3O. The lowest BCUT2D eigenvalue weighted by Gasteiger charge is -2.06. The third-order valence-corrected chi connectivity index (χ3v) is 2.76. The Morgan fingerprint density at radius 3 is 2.88 bits per heavy atom. The average Bonchev–Trinajstić information content (AvgIpc) is 2.87. The number of ether oxygens (including phenoxy) is 1. The minimum atomic E-state index is -0.688. The second kappa shape index (κ2) is 3.44.